The summed E-state index contributed by atoms with van der Waals surface area (Å²) in [5.41, 5.74) is 8.48. The smallest absolute Gasteiger partial charge is 0.246 e. The van der Waals surface area contributed by atoms with Crippen LogP contribution in [0.5, 0.6) is 11.5 Å². The van der Waals surface area contributed by atoms with Crippen molar-refractivity contribution < 1.29 is 14.3 Å². The van der Waals surface area contributed by atoms with E-state index in [1.807, 2.05) is 68.8 Å². The van der Waals surface area contributed by atoms with Gasteiger partial charge in [0.15, 0.2) is 0 Å². The molecule has 0 aliphatic carbocycles. The normalized spacial score (nSPS) is 20.4. The molecule has 9 nitrogen and oxygen atoms in total. The van der Waals surface area contributed by atoms with E-state index in [1.165, 1.54) is 6.08 Å². The lowest BCUT2D eigenvalue weighted by molar-refractivity contribution is -0.139. The highest BCUT2D eigenvalue weighted by Gasteiger charge is 2.54. The molecule has 3 atom stereocenters. The third-order valence-corrected chi connectivity index (χ3v) is 7.19. The van der Waals surface area contributed by atoms with Gasteiger partial charge in [0.25, 0.3) is 0 Å². The summed E-state index contributed by atoms with van der Waals surface area (Å²) < 4.78 is 7.82. The predicted molar refractivity (Wildman–Crippen MR) is 139 cm³/mol. The van der Waals surface area contributed by atoms with E-state index in [1.54, 1.807) is 19.3 Å². The van der Waals surface area contributed by atoms with E-state index in [0.29, 0.717) is 41.6 Å². The Bertz CT molecular complexity index is 1510. The van der Waals surface area contributed by atoms with E-state index < -0.39 is 6.04 Å². The number of ether oxygens (including phenoxy) is 1. The molecular weight excluding hydrogens is 468 g/mol. The van der Waals surface area contributed by atoms with E-state index in [0.717, 1.165) is 11.3 Å². The van der Waals surface area contributed by atoms with E-state index in [-0.39, 0.29) is 23.9 Å². The van der Waals surface area contributed by atoms with E-state index in [9.17, 15) is 9.59 Å². The molecule has 2 aromatic carbocycles. The summed E-state index contributed by atoms with van der Waals surface area (Å²) in [5.74, 6) is 2.21. The molecule has 0 radical (unpaired) electrons. The molecule has 2 aliphatic rings. The Balaban J connectivity index is 1.44. The van der Waals surface area contributed by atoms with Crippen LogP contribution in [0.4, 0.5) is 5.82 Å². The number of para-hydroxylation sites is 1. The van der Waals surface area contributed by atoms with Crippen LogP contribution in [-0.2, 0) is 9.59 Å². The first kappa shape index (κ1) is 22.8. The van der Waals surface area contributed by atoms with Gasteiger partial charge in [-0.1, -0.05) is 24.8 Å². The molecule has 2 amide bonds. The standard InChI is InChI=1S/C28H26N6O3/c1-3-23(36)34-19-15-22(33(16-19)17(2)35)25(34)28-31-24(26-27(29)30-13-14-32(26)28)18-9-11-21(12-10-18)37-20-7-5-4-6-8-20/h3-14,19,22,25H,1,15-16H2,2H3,(H2,29,30)/t19?,22-,25?/m0/s1. The van der Waals surface area contributed by atoms with Crippen molar-refractivity contribution in [3.63, 3.8) is 0 Å². The number of nitrogens with two attached hydrogens (primary N) is 1. The van der Waals surface area contributed by atoms with Gasteiger partial charge >= 0.3 is 0 Å². The zero-order chi connectivity index (χ0) is 25.7. The highest BCUT2D eigenvalue weighted by Crippen LogP contribution is 2.46. The Morgan fingerprint density at radius 2 is 1.84 bits per heavy atom. The molecular formula is C28H26N6O3. The van der Waals surface area contributed by atoms with Crippen molar-refractivity contribution in [1.29, 1.82) is 0 Å². The van der Waals surface area contributed by atoms with Crippen LogP contribution in [-0.4, -0.2) is 54.6 Å². The number of piperazine rings is 1. The van der Waals surface area contributed by atoms with Crippen LogP contribution < -0.4 is 10.5 Å². The number of likely N-dealkylation sites (tertiary alicyclic amines) is 2. The van der Waals surface area contributed by atoms with Gasteiger partial charge in [0.2, 0.25) is 11.8 Å². The molecule has 6 rings (SSSR count). The third kappa shape index (κ3) is 3.70. The first-order valence-corrected chi connectivity index (χ1v) is 12.1. The van der Waals surface area contributed by atoms with Crippen molar-refractivity contribution in [3.8, 4) is 22.8 Å². The van der Waals surface area contributed by atoms with Crippen LogP contribution >= 0.6 is 0 Å². The van der Waals surface area contributed by atoms with Gasteiger partial charge in [0.05, 0.1) is 12.1 Å². The molecule has 2 saturated heterocycles. The zero-order valence-electron chi connectivity index (χ0n) is 20.3. The first-order valence-electron chi connectivity index (χ1n) is 12.1. The zero-order valence-corrected chi connectivity index (χ0v) is 20.3. The fraction of sp³-hybridized carbons (Fsp3) is 0.214. The Hall–Kier alpha value is -4.66. The molecule has 9 heteroatoms. The number of carbonyl (C=O) groups is 2. The topological polar surface area (TPSA) is 106 Å². The molecule has 37 heavy (non-hydrogen) atoms. The minimum absolute atomic E-state index is 0.0144. The second-order valence-corrected chi connectivity index (χ2v) is 9.31. The molecule has 0 spiro atoms. The van der Waals surface area contributed by atoms with Gasteiger partial charge in [-0.25, -0.2) is 9.97 Å². The van der Waals surface area contributed by atoms with Crippen molar-refractivity contribution in [2.24, 2.45) is 0 Å². The summed E-state index contributed by atoms with van der Waals surface area (Å²) in [4.78, 5) is 38.3. The average molecular weight is 495 g/mol. The SMILES string of the molecule is C=CC(=O)N1C2C[C@@H](C1c1nc(-c3ccc(Oc4ccccc4)cc3)c3c(N)nccn13)N(C(C)=O)C2. The minimum Gasteiger partial charge on any atom is -0.457 e. The highest BCUT2D eigenvalue weighted by molar-refractivity contribution is 5.89. The second-order valence-electron chi connectivity index (χ2n) is 9.31. The quantitative estimate of drug-likeness (QED) is 0.423. The highest BCUT2D eigenvalue weighted by atomic mass is 16.5. The minimum atomic E-state index is -0.433. The van der Waals surface area contributed by atoms with Crippen LogP contribution in [0.15, 0.2) is 79.6 Å². The maximum atomic E-state index is 12.9. The molecule has 4 aromatic rings. The lowest BCUT2D eigenvalue weighted by atomic mass is 10.1. The number of nitrogen functional groups attached to an aromatic ring is 1. The number of rotatable bonds is 5. The number of fused-ring (bicyclic) bond motifs is 3. The van der Waals surface area contributed by atoms with Crippen LogP contribution in [0.1, 0.15) is 25.2 Å². The van der Waals surface area contributed by atoms with Gasteiger partial charge in [-0.2, -0.15) is 0 Å². The molecule has 2 N–H and O–H groups in total. The van der Waals surface area contributed by atoms with Gasteiger partial charge < -0.3 is 20.3 Å². The molecule has 2 unspecified atom stereocenters. The maximum Gasteiger partial charge on any atom is 0.246 e. The van der Waals surface area contributed by atoms with Crippen molar-refractivity contribution in [2.75, 3.05) is 12.3 Å². The molecule has 186 valence electrons. The number of hydrogen-bond acceptors (Lipinski definition) is 6. The molecule has 2 bridgehead atoms. The number of imidazole rings is 1. The van der Waals surface area contributed by atoms with E-state index >= 15 is 0 Å². The summed E-state index contributed by atoms with van der Waals surface area (Å²) in [6.07, 6.45) is 5.43. The van der Waals surface area contributed by atoms with Crippen molar-refractivity contribution in [1.82, 2.24) is 24.2 Å². The fourth-order valence-corrected chi connectivity index (χ4v) is 5.64. The number of benzene rings is 2. The first-order chi connectivity index (χ1) is 18.0. The van der Waals surface area contributed by atoms with E-state index in [4.69, 9.17) is 15.5 Å². The maximum absolute atomic E-state index is 12.9. The van der Waals surface area contributed by atoms with Gasteiger partial charge in [-0.3, -0.25) is 14.0 Å². The van der Waals surface area contributed by atoms with Crippen molar-refractivity contribution in [3.05, 3.63) is 85.5 Å². The Morgan fingerprint density at radius 3 is 2.54 bits per heavy atom. The number of nitrogens with zero attached hydrogens (tertiary/aromatic N) is 5. The monoisotopic (exact) mass is 494 g/mol. The van der Waals surface area contributed by atoms with Crippen LogP contribution in [0.25, 0.3) is 16.8 Å². The van der Waals surface area contributed by atoms with Crippen LogP contribution in [0, 0.1) is 0 Å². The lowest BCUT2D eigenvalue weighted by Gasteiger charge is -2.39. The third-order valence-electron chi connectivity index (χ3n) is 7.19. The van der Waals surface area contributed by atoms with Crippen LogP contribution in [0.2, 0.25) is 0 Å². The number of hydrogen-bond donors (Lipinski definition) is 1. The Labute approximate surface area is 213 Å². The molecule has 2 fully saturated rings. The van der Waals surface area contributed by atoms with E-state index in [2.05, 4.69) is 11.6 Å². The van der Waals surface area contributed by atoms with Crippen LogP contribution in [0.3, 0.4) is 0 Å². The molecule has 0 saturated carbocycles. The predicted octanol–water partition coefficient (Wildman–Crippen LogP) is 3.83. The number of anilines is 1. The summed E-state index contributed by atoms with van der Waals surface area (Å²) in [7, 11) is 0. The molecule has 2 aromatic heterocycles. The Kier molecular flexibility index (Phi) is 5.40. The van der Waals surface area contributed by atoms with Crippen molar-refractivity contribution >= 4 is 23.1 Å². The summed E-state index contributed by atoms with van der Waals surface area (Å²) in [5, 5.41) is 0. The number of amides is 2. The van der Waals surface area contributed by atoms with Crippen molar-refractivity contribution in [2.45, 2.75) is 31.5 Å². The van der Waals surface area contributed by atoms with Gasteiger partial charge in [0.1, 0.15) is 40.4 Å². The van der Waals surface area contributed by atoms with Gasteiger partial charge in [-0.05, 0) is 48.9 Å². The fourth-order valence-electron chi connectivity index (χ4n) is 5.64. The number of aromatic nitrogens is 3. The summed E-state index contributed by atoms with van der Waals surface area (Å²) in [6.45, 7) is 5.77. The number of carbonyl (C=O) groups excluding carboxylic acids is 2. The largest absolute Gasteiger partial charge is 0.457 e. The lowest BCUT2D eigenvalue weighted by Crippen LogP contribution is -2.52. The second kappa shape index (κ2) is 8.77. The molecule has 2 aliphatic heterocycles. The average Bonchev–Trinajstić information content (AvgIpc) is 3.61. The molecule has 4 heterocycles. The summed E-state index contributed by atoms with van der Waals surface area (Å²) >= 11 is 0. The Morgan fingerprint density at radius 1 is 1.11 bits per heavy atom. The van der Waals surface area contributed by atoms with Gasteiger partial charge in [0, 0.05) is 31.4 Å². The summed E-state index contributed by atoms with van der Waals surface area (Å²) in [6, 6.07) is 16.5. The van der Waals surface area contributed by atoms with Gasteiger partial charge in [-0.15, -0.1) is 0 Å².